The van der Waals surface area contributed by atoms with E-state index in [1.165, 1.54) is 0 Å². The predicted molar refractivity (Wildman–Crippen MR) is 77.5 cm³/mol. The summed E-state index contributed by atoms with van der Waals surface area (Å²) in [7, 11) is 0. The fourth-order valence-corrected chi connectivity index (χ4v) is 2.48. The van der Waals surface area contributed by atoms with Gasteiger partial charge >= 0.3 is 0 Å². The molecule has 19 heavy (non-hydrogen) atoms. The Labute approximate surface area is 117 Å². The molecule has 0 bridgehead atoms. The van der Waals surface area contributed by atoms with Gasteiger partial charge in [0.25, 0.3) is 0 Å². The lowest BCUT2D eigenvalue weighted by molar-refractivity contribution is -0.120. The fourth-order valence-electron chi connectivity index (χ4n) is 1.77. The van der Waals surface area contributed by atoms with Crippen LogP contribution < -0.4 is 10.1 Å². The van der Waals surface area contributed by atoms with Crippen LogP contribution in [0.3, 0.4) is 0 Å². The van der Waals surface area contributed by atoms with Crippen molar-refractivity contribution in [2.75, 3.05) is 6.61 Å². The van der Waals surface area contributed by atoms with E-state index in [1.807, 2.05) is 48.7 Å². The first-order valence-electron chi connectivity index (χ1n) is 6.29. The highest BCUT2D eigenvalue weighted by atomic mass is 32.1. The van der Waals surface area contributed by atoms with Crippen LogP contribution in [0.4, 0.5) is 0 Å². The predicted octanol–water partition coefficient (Wildman–Crippen LogP) is 3.01. The molecule has 0 unspecified atom stereocenters. The summed E-state index contributed by atoms with van der Waals surface area (Å²) in [5, 5.41) is 4.90. The van der Waals surface area contributed by atoms with E-state index in [0.717, 1.165) is 16.2 Å². The fraction of sp³-hybridized carbons (Fsp3) is 0.267. The molecule has 1 aromatic heterocycles. The first kappa shape index (κ1) is 13.6. The maximum atomic E-state index is 11.8. The number of para-hydroxylation sites is 1. The summed E-state index contributed by atoms with van der Waals surface area (Å²) >= 11 is 1.60. The average Bonchev–Trinajstić information content (AvgIpc) is 2.91. The molecule has 1 aromatic carbocycles. The third kappa shape index (κ3) is 4.10. The number of nitrogens with one attached hydrogen (secondary N) is 1. The molecule has 1 heterocycles. The molecule has 100 valence electrons. The summed E-state index contributed by atoms with van der Waals surface area (Å²) < 4.78 is 5.53. The molecule has 4 heteroatoms. The summed E-state index contributed by atoms with van der Waals surface area (Å²) in [6.45, 7) is 3.08. The Morgan fingerprint density at radius 3 is 2.84 bits per heavy atom. The number of thiophene rings is 1. The highest BCUT2D eigenvalue weighted by Gasteiger charge is 2.06. The SMILES string of the molecule is CCOc1ccccc1CNC(=O)Cc1cccs1. The zero-order valence-electron chi connectivity index (χ0n) is 10.9. The Hall–Kier alpha value is -1.81. The molecule has 3 nitrogen and oxygen atoms in total. The Morgan fingerprint density at radius 2 is 2.11 bits per heavy atom. The van der Waals surface area contributed by atoms with Gasteiger partial charge in [0, 0.05) is 17.0 Å². The van der Waals surface area contributed by atoms with Crippen LogP contribution in [-0.4, -0.2) is 12.5 Å². The molecule has 0 aliphatic carbocycles. The lowest BCUT2D eigenvalue weighted by Gasteiger charge is -2.10. The van der Waals surface area contributed by atoms with E-state index >= 15 is 0 Å². The van der Waals surface area contributed by atoms with Crippen LogP contribution in [0.15, 0.2) is 41.8 Å². The highest BCUT2D eigenvalue weighted by Crippen LogP contribution is 2.17. The van der Waals surface area contributed by atoms with Gasteiger partial charge in [-0.25, -0.2) is 0 Å². The van der Waals surface area contributed by atoms with E-state index in [9.17, 15) is 4.79 Å². The molecule has 0 aliphatic rings. The quantitative estimate of drug-likeness (QED) is 0.880. The standard InChI is InChI=1S/C15H17NO2S/c1-2-18-14-8-4-3-6-12(14)11-16-15(17)10-13-7-5-9-19-13/h3-9H,2,10-11H2,1H3,(H,16,17). The van der Waals surface area contributed by atoms with Crippen LogP contribution in [0.25, 0.3) is 0 Å². The number of benzene rings is 1. The second-order valence-corrected chi connectivity index (χ2v) is 5.11. The van der Waals surface area contributed by atoms with Crippen molar-refractivity contribution in [1.82, 2.24) is 5.32 Å². The summed E-state index contributed by atoms with van der Waals surface area (Å²) in [5.41, 5.74) is 1.00. The van der Waals surface area contributed by atoms with Crippen LogP contribution in [0.1, 0.15) is 17.4 Å². The number of ether oxygens (including phenoxy) is 1. The van der Waals surface area contributed by atoms with Gasteiger partial charge in [-0.2, -0.15) is 0 Å². The molecule has 0 atom stereocenters. The Kier molecular flexibility index (Phi) is 4.98. The smallest absolute Gasteiger partial charge is 0.225 e. The number of carbonyl (C=O) groups excluding carboxylic acids is 1. The minimum Gasteiger partial charge on any atom is -0.494 e. The summed E-state index contributed by atoms with van der Waals surface area (Å²) in [5.74, 6) is 0.871. The molecule has 0 fully saturated rings. The van der Waals surface area contributed by atoms with Crippen LogP contribution in [0.2, 0.25) is 0 Å². The molecule has 2 aromatic rings. The van der Waals surface area contributed by atoms with Gasteiger partial charge < -0.3 is 10.1 Å². The van der Waals surface area contributed by atoms with Crippen molar-refractivity contribution in [2.24, 2.45) is 0 Å². The molecular formula is C15H17NO2S. The van der Waals surface area contributed by atoms with Gasteiger partial charge in [-0.15, -0.1) is 11.3 Å². The third-order valence-corrected chi connectivity index (χ3v) is 3.54. The normalized spacial score (nSPS) is 10.2. The highest BCUT2D eigenvalue weighted by molar-refractivity contribution is 7.10. The van der Waals surface area contributed by atoms with Crippen molar-refractivity contribution in [3.8, 4) is 5.75 Å². The van der Waals surface area contributed by atoms with Crippen LogP contribution in [0.5, 0.6) is 5.75 Å². The average molecular weight is 275 g/mol. The molecule has 2 rings (SSSR count). The Morgan fingerprint density at radius 1 is 1.26 bits per heavy atom. The van der Waals surface area contributed by atoms with Crippen molar-refractivity contribution >= 4 is 17.2 Å². The summed E-state index contributed by atoms with van der Waals surface area (Å²) in [6.07, 6.45) is 0.439. The number of hydrogen-bond donors (Lipinski definition) is 1. The lowest BCUT2D eigenvalue weighted by atomic mass is 10.2. The zero-order chi connectivity index (χ0) is 13.5. The first-order valence-corrected chi connectivity index (χ1v) is 7.17. The van der Waals surface area contributed by atoms with E-state index in [2.05, 4.69) is 5.32 Å². The minimum atomic E-state index is 0.0359. The van der Waals surface area contributed by atoms with Gasteiger partial charge in [-0.05, 0) is 24.4 Å². The molecule has 0 spiro atoms. The van der Waals surface area contributed by atoms with Crippen molar-refractivity contribution < 1.29 is 9.53 Å². The maximum absolute atomic E-state index is 11.8. The van der Waals surface area contributed by atoms with Crippen LogP contribution in [0, 0.1) is 0 Å². The van der Waals surface area contributed by atoms with Gasteiger partial charge in [0.2, 0.25) is 5.91 Å². The van der Waals surface area contributed by atoms with Crippen LogP contribution >= 0.6 is 11.3 Å². The number of hydrogen-bond acceptors (Lipinski definition) is 3. The van der Waals surface area contributed by atoms with Crippen molar-refractivity contribution in [2.45, 2.75) is 19.9 Å². The maximum Gasteiger partial charge on any atom is 0.225 e. The van der Waals surface area contributed by atoms with Crippen LogP contribution in [-0.2, 0) is 17.8 Å². The lowest BCUT2D eigenvalue weighted by Crippen LogP contribution is -2.24. The number of amides is 1. The molecule has 0 saturated heterocycles. The van der Waals surface area contributed by atoms with E-state index in [1.54, 1.807) is 11.3 Å². The first-order chi connectivity index (χ1) is 9.29. The van der Waals surface area contributed by atoms with Gasteiger partial charge in [-0.3, -0.25) is 4.79 Å². The largest absolute Gasteiger partial charge is 0.494 e. The molecule has 1 N–H and O–H groups in total. The molecular weight excluding hydrogens is 258 g/mol. The van der Waals surface area contributed by atoms with Gasteiger partial charge in [-0.1, -0.05) is 24.3 Å². The molecule has 0 aliphatic heterocycles. The molecule has 0 saturated carbocycles. The van der Waals surface area contributed by atoms with Crippen molar-refractivity contribution in [3.63, 3.8) is 0 Å². The summed E-state index contributed by atoms with van der Waals surface area (Å²) in [4.78, 5) is 12.9. The monoisotopic (exact) mass is 275 g/mol. The van der Waals surface area contributed by atoms with E-state index < -0.39 is 0 Å². The minimum absolute atomic E-state index is 0.0359. The Bertz CT molecular complexity index is 523. The van der Waals surface area contributed by atoms with E-state index in [4.69, 9.17) is 4.74 Å². The zero-order valence-corrected chi connectivity index (χ0v) is 11.7. The van der Waals surface area contributed by atoms with E-state index in [-0.39, 0.29) is 5.91 Å². The second-order valence-electron chi connectivity index (χ2n) is 4.07. The molecule has 1 amide bonds. The van der Waals surface area contributed by atoms with Gasteiger partial charge in [0.05, 0.1) is 13.0 Å². The van der Waals surface area contributed by atoms with Crippen molar-refractivity contribution in [3.05, 3.63) is 52.2 Å². The number of rotatable bonds is 6. The summed E-state index contributed by atoms with van der Waals surface area (Å²) in [6, 6.07) is 11.7. The molecule has 0 radical (unpaired) electrons. The van der Waals surface area contributed by atoms with Crippen molar-refractivity contribution in [1.29, 1.82) is 0 Å². The van der Waals surface area contributed by atoms with Gasteiger partial charge in [0.15, 0.2) is 0 Å². The second kappa shape index (κ2) is 6.95. The third-order valence-electron chi connectivity index (χ3n) is 2.66. The van der Waals surface area contributed by atoms with Gasteiger partial charge in [0.1, 0.15) is 5.75 Å². The Balaban J connectivity index is 1.89. The van der Waals surface area contributed by atoms with E-state index in [0.29, 0.717) is 19.6 Å². The number of carbonyl (C=O) groups is 1. The topological polar surface area (TPSA) is 38.3 Å².